The summed E-state index contributed by atoms with van der Waals surface area (Å²) >= 11 is 12.6. The van der Waals surface area contributed by atoms with E-state index in [0.29, 0.717) is 5.69 Å². The molecule has 1 atom stereocenters. The third-order valence-corrected chi connectivity index (χ3v) is 5.53. The number of rotatable bonds is 4. The number of nitrogens with zero attached hydrogens (tertiary/aromatic N) is 3. The van der Waals surface area contributed by atoms with E-state index in [1.54, 1.807) is 0 Å². The summed E-state index contributed by atoms with van der Waals surface area (Å²) in [5.41, 5.74) is 0.680. The highest BCUT2D eigenvalue weighted by Crippen LogP contribution is 2.43. The van der Waals surface area contributed by atoms with E-state index in [-0.39, 0.29) is 11.1 Å². The fourth-order valence-electron chi connectivity index (χ4n) is 3.35. The smallest absolute Gasteiger partial charge is 0.272 e. The van der Waals surface area contributed by atoms with Crippen LogP contribution in [0.25, 0.3) is 0 Å². The van der Waals surface area contributed by atoms with Gasteiger partial charge in [-0.1, -0.05) is 70.4 Å². The zero-order valence-corrected chi connectivity index (χ0v) is 14.8. The fraction of sp³-hybridized carbons (Fsp3) is 0.533. The van der Waals surface area contributed by atoms with Crippen molar-refractivity contribution < 1.29 is 9.28 Å². The number of hydrogen-bond donors (Lipinski definition) is 0. The standard InChI is InChI=1S/C15H18Cl2FN3OS/c16-14(17)23-21-13(11-7-3-1-4-8-11)19(15(22)20(21)18)12-9-5-2-6-10-12/h2,5-6,9-11,13-14H,1,3-4,7-8H2. The molecule has 3 rings (SSSR count). The lowest BCUT2D eigenvalue weighted by molar-refractivity contribution is -0.0567. The Balaban J connectivity index is 1.95. The van der Waals surface area contributed by atoms with E-state index in [4.69, 9.17) is 23.2 Å². The van der Waals surface area contributed by atoms with Crippen molar-refractivity contribution in [3.05, 3.63) is 30.3 Å². The Morgan fingerprint density at radius 2 is 1.78 bits per heavy atom. The topological polar surface area (TPSA) is 26.8 Å². The number of carbonyl (C=O) groups is 1. The van der Waals surface area contributed by atoms with E-state index in [1.807, 2.05) is 30.3 Å². The Bertz CT molecular complexity index is 545. The molecule has 0 aromatic heterocycles. The highest BCUT2D eigenvalue weighted by atomic mass is 35.5. The van der Waals surface area contributed by atoms with Gasteiger partial charge in [0.1, 0.15) is 6.17 Å². The molecule has 1 aromatic carbocycles. The third-order valence-electron chi connectivity index (χ3n) is 4.32. The molecule has 1 saturated carbocycles. The molecule has 1 aromatic rings. The minimum absolute atomic E-state index is 0.134. The fourth-order valence-corrected chi connectivity index (χ4v) is 4.55. The second-order valence-corrected chi connectivity index (χ2v) is 8.40. The number of benzene rings is 1. The average molecular weight is 378 g/mol. The van der Waals surface area contributed by atoms with Gasteiger partial charge in [0.25, 0.3) is 0 Å². The molecule has 1 aliphatic carbocycles. The molecule has 126 valence electrons. The van der Waals surface area contributed by atoms with Crippen LogP contribution in [0.5, 0.6) is 0 Å². The number of amides is 2. The van der Waals surface area contributed by atoms with Gasteiger partial charge in [-0.3, -0.25) is 4.90 Å². The third kappa shape index (κ3) is 3.55. The van der Waals surface area contributed by atoms with E-state index < -0.39 is 16.4 Å². The Morgan fingerprint density at radius 3 is 2.39 bits per heavy atom. The normalized spacial score (nSPS) is 24.0. The second-order valence-electron chi connectivity index (χ2n) is 5.73. The largest absolute Gasteiger partial charge is 0.370 e. The highest BCUT2D eigenvalue weighted by Gasteiger charge is 2.50. The van der Waals surface area contributed by atoms with Crippen LogP contribution in [0.1, 0.15) is 32.1 Å². The van der Waals surface area contributed by atoms with Crippen molar-refractivity contribution in [1.82, 2.24) is 9.65 Å². The summed E-state index contributed by atoms with van der Waals surface area (Å²) in [7, 11) is 0. The minimum Gasteiger partial charge on any atom is -0.272 e. The van der Waals surface area contributed by atoms with Gasteiger partial charge in [0.2, 0.25) is 0 Å². The number of urea groups is 1. The maximum Gasteiger partial charge on any atom is 0.370 e. The zero-order valence-electron chi connectivity index (χ0n) is 12.4. The van der Waals surface area contributed by atoms with Gasteiger partial charge in [-0.2, -0.15) is 0 Å². The van der Waals surface area contributed by atoms with Gasteiger partial charge in [-0.25, -0.2) is 4.79 Å². The molecule has 0 bridgehead atoms. The minimum atomic E-state index is -0.845. The van der Waals surface area contributed by atoms with E-state index in [1.165, 1.54) is 15.7 Å². The van der Waals surface area contributed by atoms with Crippen molar-refractivity contribution in [2.75, 3.05) is 4.90 Å². The van der Waals surface area contributed by atoms with Gasteiger partial charge >= 0.3 is 6.03 Å². The van der Waals surface area contributed by atoms with E-state index in [0.717, 1.165) is 37.6 Å². The van der Waals surface area contributed by atoms with Gasteiger partial charge in [0, 0.05) is 5.69 Å². The van der Waals surface area contributed by atoms with Crippen molar-refractivity contribution >= 4 is 46.9 Å². The summed E-state index contributed by atoms with van der Waals surface area (Å²) in [6.45, 7) is 0. The maximum atomic E-state index is 14.5. The molecule has 1 aliphatic heterocycles. The van der Waals surface area contributed by atoms with Gasteiger partial charge in [-0.05, 0) is 42.8 Å². The van der Waals surface area contributed by atoms with Crippen LogP contribution < -0.4 is 4.90 Å². The van der Waals surface area contributed by atoms with Gasteiger partial charge < -0.3 is 0 Å². The van der Waals surface area contributed by atoms with Crippen molar-refractivity contribution in [2.45, 2.75) is 42.4 Å². The summed E-state index contributed by atoms with van der Waals surface area (Å²) in [4.78, 5) is 14.0. The van der Waals surface area contributed by atoms with Crippen LogP contribution in [-0.4, -0.2) is 26.0 Å². The van der Waals surface area contributed by atoms with Crippen LogP contribution >= 0.6 is 35.1 Å². The number of halogens is 3. The molecule has 8 heteroatoms. The Morgan fingerprint density at radius 1 is 1.13 bits per heavy atom. The average Bonchev–Trinajstić information content (AvgIpc) is 2.81. The SMILES string of the molecule is O=C1N(c2ccccc2)C(C2CCCCC2)N(SC(Cl)Cl)N1F. The van der Waals surface area contributed by atoms with Gasteiger partial charge in [0.15, 0.2) is 4.17 Å². The first-order valence-corrected chi connectivity index (χ1v) is 9.39. The monoisotopic (exact) mass is 377 g/mol. The first-order valence-electron chi connectivity index (χ1n) is 7.68. The number of hydrazine groups is 1. The molecular formula is C15H18Cl2FN3OS. The van der Waals surface area contributed by atoms with Crippen LogP contribution in [-0.2, 0) is 0 Å². The van der Waals surface area contributed by atoms with E-state index in [2.05, 4.69) is 0 Å². The predicted molar refractivity (Wildman–Crippen MR) is 92.6 cm³/mol. The molecule has 23 heavy (non-hydrogen) atoms. The number of anilines is 1. The lowest BCUT2D eigenvalue weighted by Crippen LogP contribution is -2.44. The van der Waals surface area contributed by atoms with Crippen LogP contribution in [0.4, 0.5) is 15.0 Å². The molecule has 2 fully saturated rings. The molecule has 1 saturated heterocycles. The van der Waals surface area contributed by atoms with Gasteiger partial charge in [-0.15, -0.1) is 4.41 Å². The number of para-hydroxylation sites is 1. The number of hydrogen-bond acceptors (Lipinski definition) is 3. The molecule has 1 unspecified atom stereocenters. The molecule has 0 N–H and O–H groups in total. The number of alkyl halides is 2. The molecule has 0 spiro atoms. The van der Waals surface area contributed by atoms with Crippen LogP contribution in [0.2, 0.25) is 0 Å². The first-order chi connectivity index (χ1) is 11.1. The lowest BCUT2D eigenvalue weighted by Gasteiger charge is -2.36. The molecule has 2 aliphatic rings. The zero-order chi connectivity index (χ0) is 16.4. The molecule has 0 radical (unpaired) electrons. The number of carbonyl (C=O) groups excluding carboxylic acids is 1. The Hall–Kier alpha value is -0.690. The summed E-state index contributed by atoms with van der Waals surface area (Å²) in [5, 5.41) is 0.134. The van der Waals surface area contributed by atoms with Crippen LogP contribution in [0.3, 0.4) is 0 Å². The quantitative estimate of drug-likeness (QED) is 0.402. The highest BCUT2D eigenvalue weighted by molar-refractivity contribution is 8.00. The van der Waals surface area contributed by atoms with E-state index >= 15 is 0 Å². The van der Waals surface area contributed by atoms with Crippen LogP contribution in [0, 0.1) is 5.92 Å². The molecule has 1 heterocycles. The summed E-state index contributed by atoms with van der Waals surface area (Å²) < 4.78 is 15.0. The van der Waals surface area contributed by atoms with Crippen molar-refractivity contribution in [1.29, 1.82) is 0 Å². The molecular weight excluding hydrogens is 360 g/mol. The summed E-state index contributed by atoms with van der Waals surface area (Å²) in [5.74, 6) is 0.188. The van der Waals surface area contributed by atoms with Crippen LogP contribution in [0.15, 0.2) is 30.3 Å². The summed E-state index contributed by atoms with van der Waals surface area (Å²) in [6, 6.07) is 8.47. The molecule has 2 amide bonds. The summed E-state index contributed by atoms with van der Waals surface area (Å²) in [6.07, 6.45) is 4.87. The lowest BCUT2D eigenvalue weighted by atomic mass is 9.86. The maximum absolute atomic E-state index is 14.5. The second kappa shape index (κ2) is 7.47. The Labute approximate surface area is 149 Å². The first kappa shape index (κ1) is 17.1. The van der Waals surface area contributed by atoms with Crippen molar-refractivity contribution in [3.63, 3.8) is 0 Å². The van der Waals surface area contributed by atoms with Crippen molar-refractivity contribution in [2.24, 2.45) is 5.92 Å². The Kier molecular flexibility index (Phi) is 5.57. The van der Waals surface area contributed by atoms with Gasteiger partial charge in [0.05, 0.1) is 0 Å². The predicted octanol–water partition coefficient (Wildman–Crippen LogP) is 5.35. The van der Waals surface area contributed by atoms with E-state index in [9.17, 15) is 9.28 Å². The molecule has 4 nitrogen and oxygen atoms in total. The van der Waals surface area contributed by atoms with Crippen molar-refractivity contribution in [3.8, 4) is 0 Å².